The molecule has 7 heteroatoms. The largest absolute Gasteiger partial charge is 0.356 e. The summed E-state index contributed by atoms with van der Waals surface area (Å²) < 4.78 is 0.864. The van der Waals surface area contributed by atoms with Crippen LogP contribution in [0.1, 0.15) is 18.2 Å². The zero-order valence-corrected chi connectivity index (χ0v) is 17.2. The Hall–Kier alpha value is 0.340. The number of hydrogen-bond acceptors (Lipinski definition) is 3. The number of halogens is 2. The zero-order valence-electron chi connectivity index (χ0n) is 12.5. The fourth-order valence-electron chi connectivity index (χ4n) is 2.27. The Morgan fingerprint density at radius 2 is 2.33 bits per heavy atom. The van der Waals surface area contributed by atoms with Crippen molar-refractivity contribution in [3.63, 3.8) is 0 Å². The third-order valence-electron chi connectivity index (χ3n) is 3.39. The zero-order chi connectivity index (χ0) is 14.4. The summed E-state index contributed by atoms with van der Waals surface area (Å²) in [4.78, 5) is 8.12. The molecule has 120 valence electrons. The highest BCUT2D eigenvalue weighted by atomic mass is 127. The molecule has 3 nitrogen and oxygen atoms in total. The van der Waals surface area contributed by atoms with E-state index in [2.05, 4.69) is 40.0 Å². The van der Waals surface area contributed by atoms with Crippen molar-refractivity contribution in [2.75, 3.05) is 32.4 Å². The maximum Gasteiger partial charge on any atom is 0.193 e. The number of rotatable bonds is 4. The summed E-state index contributed by atoms with van der Waals surface area (Å²) >= 11 is 9.68. The van der Waals surface area contributed by atoms with E-state index in [-0.39, 0.29) is 24.0 Å². The average molecular weight is 460 g/mol. The van der Waals surface area contributed by atoms with Crippen molar-refractivity contribution in [2.45, 2.75) is 25.0 Å². The SMILES string of the molecule is CCC1CN(C(=NC)NCCc2ccc(Cl)s2)CCS1.I. The molecule has 1 aliphatic heterocycles. The Labute approximate surface area is 157 Å². The molecule has 1 aliphatic rings. The number of thioether (sulfide) groups is 1. The van der Waals surface area contributed by atoms with Crippen LogP contribution in [0.5, 0.6) is 0 Å². The van der Waals surface area contributed by atoms with Crippen LogP contribution in [0.4, 0.5) is 0 Å². The molecule has 21 heavy (non-hydrogen) atoms. The fraction of sp³-hybridized carbons (Fsp3) is 0.643. The summed E-state index contributed by atoms with van der Waals surface area (Å²) in [5, 5.41) is 4.21. The third-order valence-corrected chi connectivity index (χ3v) is 6.05. The second-order valence-corrected chi connectivity index (χ2v) is 7.98. The molecule has 1 saturated heterocycles. The molecule has 0 aromatic carbocycles. The molecule has 0 spiro atoms. The van der Waals surface area contributed by atoms with E-state index in [0.717, 1.165) is 41.6 Å². The van der Waals surface area contributed by atoms with Crippen molar-refractivity contribution in [3.05, 3.63) is 21.3 Å². The van der Waals surface area contributed by atoms with Gasteiger partial charge in [0.1, 0.15) is 0 Å². The number of nitrogens with one attached hydrogen (secondary N) is 1. The predicted molar refractivity (Wildman–Crippen MR) is 108 cm³/mol. The van der Waals surface area contributed by atoms with E-state index in [4.69, 9.17) is 11.6 Å². The Balaban J connectivity index is 0.00000220. The van der Waals surface area contributed by atoms with Crippen LogP contribution in [0.3, 0.4) is 0 Å². The first-order chi connectivity index (χ1) is 9.72. The van der Waals surface area contributed by atoms with Crippen molar-refractivity contribution in [2.24, 2.45) is 4.99 Å². The number of nitrogens with zero attached hydrogens (tertiary/aromatic N) is 2. The minimum Gasteiger partial charge on any atom is -0.356 e. The van der Waals surface area contributed by atoms with Gasteiger partial charge in [0.25, 0.3) is 0 Å². The normalized spacial score (nSPS) is 19.3. The Morgan fingerprint density at radius 3 is 2.95 bits per heavy atom. The van der Waals surface area contributed by atoms with Crippen molar-refractivity contribution in [1.29, 1.82) is 0 Å². The van der Waals surface area contributed by atoms with E-state index in [1.807, 2.05) is 13.1 Å². The molecule has 1 unspecified atom stereocenters. The average Bonchev–Trinajstić information content (AvgIpc) is 2.89. The molecule has 1 N–H and O–H groups in total. The summed E-state index contributed by atoms with van der Waals surface area (Å²) in [6.07, 6.45) is 2.22. The molecule has 1 aromatic rings. The number of guanidine groups is 1. The van der Waals surface area contributed by atoms with Gasteiger partial charge < -0.3 is 10.2 Å². The van der Waals surface area contributed by atoms with Crippen molar-refractivity contribution < 1.29 is 0 Å². The quantitative estimate of drug-likeness (QED) is 0.419. The second-order valence-electron chi connectivity index (χ2n) is 4.78. The topological polar surface area (TPSA) is 27.6 Å². The highest BCUT2D eigenvalue weighted by Gasteiger charge is 2.21. The molecule has 1 atom stereocenters. The van der Waals surface area contributed by atoms with Crippen LogP contribution in [0, 0.1) is 0 Å². The van der Waals surface area contributed by atoms with Crippen molar-refractivity contribution >= 4 is 64.6 Å². The van der Waals surface area contributed by atoms with E-state index in [0.29, 0.717) is 0 Å². The van der Waals surface area contributed by atoms with Gasteiger partial charge in [-0.05, 0) is 25.0 Å². The maximum atomic E-state index is 5.95. The van der Waals surface area contributed by atoms with E-state index >= 15 is 0 Å². The third kappa shape index (κ3) is 6.15. The molecule has 1 fully saturated rings. The van der Waals surface area contributed by atoms with E-state index in [1.54, 1.807) is 11.3 Å². The standard InChI is InChI=1S/C14H22ClN3S2.HI/c1-3-11-10-18(8-9-19-11)14(16-2)17-7-6-12-4-5-13(15)20-12;/h4-5,11H,3,6-10H2,1-2H3,(H,16,17);1H. The number of aliphatic imine (C=N–C) groups is 1. The van der Waals surface area contributed by atoms with Crippen LogP contribution in [0.15, 0.2) is 17.1 Å². The van der Waals surface area contributed by atoms with Crippen LogP contribution >= 0.6 is 58.7 Å². The predicted octanol–water partition coefficient (Wildman–Crippen LogP) is 3.96. The van der Waals surface area contributed by atoms with E-state index in [1.165, 1.54) is 17.1 Å². The molecule has 1 aromatic heterocycles. The van der Waals surface area contributed by atoms with Gasteiger partial charge in [-0.3, -0.25) is 4.99 Å². The van der Waals surface area contributed by atoms with Crippen LogP contribution < -0.4 is 5.32 Å². The minimum atomic E-state index is 0. The monoisotopic (exact) mass is 459 g/mol. The van der Waals surface area contributed by atoms with Crippen LogP contribution in [0.2, 0.25) is 4.34 Å². The molecule has 0 radical (unpaired) electrons. The van der Waals surface area contributed by atoms with Gasteiger partial charge in [0.2, 0.25) is 0 Å². The van der Waals surface area contributed by atoms with Gasteiger partial charge in [-0.2, -0.15) is 11.8 Å². The molecule has 2 rings (SSSR count). The van der Waals surface area contributed by atoms with Crippen LogP contribution in [0.25, 0.3) is 0 Å². The lowest BCUT2D eigenvalue weighted by Crippen LogP contribution is -2.48. The molecule has 0 saturated carbocycles. The van der Waals surface area contributed by atoms with E-state index < -0.39 is 0 Å². The van der Waals surface area contributed by atoms with Gasteiger partial charge in [0, 0.05) is 42.6 Å². The summed E-state index contributed by atoms with van der Waals surface area (Å²) in [6, 6.07) is 4.06. The van der Waals surface area contributed by atoms with Gasteiger partial charge in [-0.15, -0.1) is 35.3 Å². The molecule has 0 amide bonds. The Kier molecular flexibility index (Phi) is 9.40. The smallest absolute Gasteiger partial charge is 0.193 e. The van der Waals surface area contributed by atoms with Gasteiger partial charge in [0.15, 0.2) is 5.96 Å². The molecule has 2 heterocycles. The van der Waals surface area contributed by atoms with Gasteiger partial charge >= 0.3 is 0 Å². The van der Waals surface area contributed by atoms with Crippen molar-refractivity contribution in [1.82, 2.24) is 10.2 Å². The molecular weight excluding hydrogens is 437 g/mol. The van der Waals surface area contributed by atoms with Crippen LogP contribution in [-0.2, 0) is 6.42 Å². The summed E-state index contributed by atoms with van der Waals surface area (Å²) in [7, 11) is 1.87. The van der Waals surface area contributed by atoms with Crippen LogP contribution in [-0.4, -0.2) is 48.5 Å². The number of hydrogen-bond donors (Lipinski definition) is 1. The minimum absolute atomic E-state index is 0. The van der Waals surface area contributed by atoms with E-state index in [9.17, 15) is 0 Å². The lowest BCUT2D eigenvalue weighted by Gasteiger charge is -2.34. The molecule has 0 bridgehead atoms. The fourth-order valence-corrected chi connectivity index (χ4v) is 4.54. The first-order valence-corrected chi connectivity index (χ1v) is 9.28. The van der Waals surface area contributed by atoms with Crippen molar-refractivity contribution in [3.8, 4) is 0 Å². The summed E-state index contributed by atoms with van der Waals surface area (Å²) in [5.41, 5.74) is 0. The Bertz CT molecular complexity index is 453. The maximum absolute atomic E-state index is 5.95. The lowest BCUT2D eigenvalue weighted by molar-refractivity contribution is 0.408. The summed E-state index contributed by atoms with van der Waals surface area (Å²) in [6.45, 7) is 5.36. The molecule has 0 aliphatic carbocycles. The lowest BCUT2D eigenvalue weighted by atomic mass is 10.3. The first kappa shape index (κ1) is 19.4. The van der Waals surface area contributed by atoms with Gasteiger partial charge in [0.05, 0.1) is 4.34 Å². The van der Waals surface area contributed by atoms with Gasteiger partial charge in [-0.25, -0.2) is 0 Å². The first-order valence-electron chi connectivity index (χ1n) is 7.04. The Morgan fingerprint density at radius 1 is 1.52 bits per heavy atom. The second kappa shape index (κ2) is 10.2. The highest BCUT2D eigenvalue weighted by molar-refractivity contribution is 14.0. The summed E-state index contributed by atoms with van der Waals surface area (Å²) in [5.74, 6) is 2.23. The highest BCUT2D eigenvalue weighted by Crippen LogP contribution is 2.22. The van der Waals surface area contributed by atoms with Gasteiger partial charge in [-0.1, -0.05) is 18.5 Å². The number of thiophene rings is 1. The molecular formula is C14H23ClIN3S2.